The van der Waals surface area contributed by atoms with E-state index in [1.165, 1.54) is 0 Å². The Labute approximate surface area is 148 Å². The summed E-state index contributed by atoms with van der Waals surface area (Å²) in [6.45, 7) is 8.77. The Bertz CT molecular complexity index is 739. The molecule has 0 aliphatic carbocycles. The van der Waals surface area contributed by atoms with E-state index >= 15 is 0 Å². The van der Waals surface area contributed by atoms with E-state index in [-0.39, 0.29) is 11.9 Å². The Morgan fingerprint density at radius 2 is 2.20 bits per heavy atom. The molecule has 1 amide bonds. The number of carbonyl (C=O) groups excluding carboxylic acids is 1. The molecule has 0 saturated carbocycles. The van der Waals surface area contributed by atoms with Crippen LogP contribution in [0.5, 0.6) is 0 Å². The van der Waals surface area contributed by atoms with Crippen LogP contribution in [0.25, 0.3) is 0 Å². The lowest BCUT2D eigenvalue weighted by Crippen LogP contribution is -2.32. The summed E-state index contributed by atoms with van der Waals surface area (Å²) in [5.41, 5.74) is 1.33. The molecule has 0 unspecified atom stereocenters. The van der Waals surface area contributed by atoms with Gasteiger partial charge in [0, 0.05) is 37.9 Å². The molecule has 2 aromatic heterocycles. The second kappa shape index (κ2) is 7.74. The largest absolute Gasteiger partial charge is 0.342 e. The summed E-state index contributed by atoms with van der Waals surface area (Å²) in [5.74, 6) is 2.15. The molecule has 0 fully saturated rings. The normalized spacial score (nSPS) is 15.5. The van der Waals surface area contributed by atoms with Crippen LogP contribution >= 0.6 is 0 Å². The van der Waals surface area contributed by atoms with Gasteiger partial charge in [0.25, 0.3) is 5.91 Å². The van der Waals surface area contributed by atoms with Gasteiger partial charge in [-0.15, -0.1) is 10.2 Å². The molecule has 2 aromatic rings. The SMILES string of the molecule is Cc1ncccc1C(=O)N[C@@H](CC(C)C)c1nnc2n1CCNCC2. The van der Waals surface area contributed by atoms with Crippen LogP contribution in [-0.4, -0.2) is 38.7 Å². The predicted molar refractivity (Wildman–Crippen MR) is 95.2 cm³/mol. The van der Waals surface area contributed by atoms with Gasteiger partial charge in [0.15, 0.2) is 5.82 Å². The van der Waals surface area contributed by atoms with E-state index in [0.717, 1.165) is 49.8 Å². The molecule has 7 nitrogen and oxygen atoms in total. The molecule has 134 valence electrons. The van der Waals surface area contributed by atoms with Gasteiger partial charge in [0.1, 0.15) is 5.82 Å². The van der Waals surface area contributed by atoms with Crippen molar-refractivity contribution < 1.29 is 4.79 Å². The number of carbonyl (C=O) groups is 1. The minimum atomic E-state index is -0.161. The number of hydrogen-bond donors (Lipinski definition) is 2. The zero-order chi connectivity index (χ0) is 17.8. The number of nitrogens with one attached hydrogen (secondary N) is 2. The average Bonchev–Trinajstić information content (AvgIpc) is 2.82. The van der Waals surface area contributed by atoms with Crippen molar-refractivity contribution in [1.29, 1.82) is 0 Å². The van der Waals surface area contributed by atoms with E-state index in [0.29, 0.717) is 11.5 Å². The zero-order valence-electron chi connectivity index (χ0n) is 15.1. The van der Waals surface area contributed by atoms with Crippen LogP contribution in [0.4, 0.5) is 0 Å². The molecule has 0 bridgehead atoms. The summed E-state index contributed by atoms with van der Waals surface area (Å²) in [7, 11) is 0. The maximum Gasteiger partial charge on any atom is 0.253 e. The third-order valence-electron chi connectivity index (χ3n) is 4.47. The summed E-state index contributed by atoms with van der Waals surface area (Å²) in [6, 6.07) is 3.43. The summed E-state index contributed by atoms with van der Waals surface area (Å²) < 4.78 is 2.16. The topological polar surface area (TPSA) is 84.7 Å². The predicted octanol–water partition coefficient (Wildman–Crippen LogP) is 1.64. The van der Waals surface area contributed by atoms with Gasteiger partial charge < -0.3 is 15.2 Å². The van der Waals surface area contributed by atoms with Crippen LogP contribution in [0, 0.1) is 12.8 Å². The van der Waals surface area contributed by atoms with Gasteiger partial charge in [-0.3, -0.25) is 9.78 Å². The van der Waals surface area contributed by atoms with E-state index in [1.807, 2.05) is 6.92 Å². The van der Waals surface area contributed by atoms with E-state index in [4.69, 9.17) is 0 Å². The van der Waals surface area contributed by atoms with Gasteiger partial charge in [0.05, 0.1) is 11.6 Å². The van der Waals surface area contributed by atoms with Crippen LogP contribution in [0.1, 0.15) is 54.0 Å². The van der Waals surface area contributed by atoms with Gasteiger partial charge >= 0.3 is 0 Å². The van der Waals surface area contributed by atoms with Crippen LogP contribution < -0.4 is 10.6 Å². The van der Waals surface area contributed by atoms with Gasteiger partial charge in [-0.2, -0.15) is 0 Å². The third-order valence-corrected chi connectivity index (χ3v) is 4.47. The Morgan fingerprint density at radius 1 is 1.36 bits per heavy atom. The smallest absolute Gasteiger partial charge is 0.253 e. The lowest BCUT2D eigenvalue weighted by atomic mass is 10.0. The monoisotopic (exact) mass is 342 g/mol. The maximum absolute atomic E-state index is 12.8. The highest BCUT2D eigenvalue weighted by molar-refractivity contribution is 5.95. The quantitative estimate of drug-likeness (QED) is 0.863. The van der Waals surface area contributed by atoms with E-state index < -0.39 is 0 Å². The number of nitrogens with zero attached hydrogens (tertiary/aromatic N) is 4. The van der Waals surface area contributed by atoms with Gasteiger partial charge in [-0.25, -0.2) is 0 Å². The van der Waals surface area contributed by atoms with Crippen molar-refractivity contribution in [2.24, 2.45) is 5.92 Å². The Hall–Kier alpha value is -2.28. The van der Waals surface area contributed by atoms with Crippen molar-refractivity contribution in [3.8, 4) is 0 Å². The first-order valence-corrected chi connectivity index (χ1v) is 8.91. The second-order valence-corrected chi connectivity index (χ2v) is 6.92. The Morgan fingerprint density at radius 3 is 2.96 bits per heavy atom. The van der Waals surface area contributed by atoms with Crippen molar-refractivity contribution in [2.75, 3.05) is 13.1 Å². The zero-order valence-corrected chi connectivity index (χ0v) is 15.1. The first kappa shape index (κ1) is 17.5. The number of fused-ring (bicyclic) bond motifs is 1. The number of pyridine rings is 1. The molecular weight excluding hydrogens is 316 g/mol. The van der Waals surface area contributed by atoms with E-state index in [2.05, 4.69) is 44.2 Å². The summed E-state index contributed by atoms with van der Waals surface area (Å²) >= 11 is 0. The number of aryl methyl sites for hydroxylation is 1. The van der Waals surface area contributed by atoms with E-state index in [1.54, 1.807) is 18.3 Å². The fourth-order valence-corrected chi connectivity index (χ4v) is 3.21. The summed E-state index contributed by atoms with van der Waals surface area (Å²) in [5, 5.41) is 15.3. The second-order valence-electron chi connectivity index (χ2n) is 6.92. The van der Waals surface area contributed by atoms with Gasteiger partial charge in [-0.05, 0) is 31.4 Å². The van der Waals surface area contributed by atoms with Gasteiger partial charge in [-0.1, -0.05) is 13.8 Å². The maximum atomic E-state index is 12.8. The molecule has 0 saturated heterocycles. The Balaban J connectivity index is 1.87. The first-order chi connectivity index (χ1) is 12.1. The standard InChI is InChI=1S/C18H26N6O/c1-12(2)11-15(21-18(25)14-5-4-7-20-13(14)3)17-23-22-16-6-8-19-9-10-24(16)17/h4-5,7,12,15,19H,6,8-11H2,1-3H3,(H,21,25)/t15-/m0/s1. The van der Waals surface area contributed by atoms with Crippen LogP contribution in [0.3, 0.4) is 0 Å². The van der Waals surface area contributed by atoms with Crippen molar-refractivity contribution in [3.63, 3.8) is 0 Å². The molecule has 3 rings (SSSR count). The van der Waals surface area contributed by atoms with Crippen molar-refractivity contribution in [3.05, 3.63) is 41.2 Å². The van der Waals surface area contributed by atoms with Crippen LogP contribution in [0.15, 0.2) is 18.3 Å². The number of amides is 1. The van der Waals surface area contributed by atoms with Gasteiger partial charge in [0.2, 0.25) is 0 Å². The molecule has 1 atom stereocenters. The molecule has 2 N–H and O–H groups in total. The highest BCUT2D eigenvalue weighted by Gasteiger charge is 2.25. The fraction of sp³-hybridized carbons (Fsp3) is 0.556. The first-order valence-electron chi connectivity index (χ1n) is 8.91. The van der Waals surface area contributed by atoms with Crippen molar-refractivity contribution in [2.45, 2.75) is 46.2 Å². The molecular formula is C18H26N6O. The minimum Gasteiger partial charge on any atom is -0.342 e. The lowest BCUT2D eigenvalue weighted by molar-refractivity contribution is 0.0928. The fourth-order valence-electron chi connectivity index (χ4n) is 3.21. The van der Waals surface area contributed by atoms with Crippen LogP contribution in [0.2, 0.25) is 0 Å². The molecule has 3 heterocycles. The average molecular weight is 342 g/mol. The molecule has 7 heteroatoms. The highest BCUT2D eigenvalue weighted by Crippen LogP contribution is 2.22. The highest BCUT2D eigenvalue weighted by atomic mass is 16.1. The minimum absolute atomic E-state index is 0.111. The number of aromatic nitrogens is 4. The molecule has 25 heavy (non-hydrogen) atoms. The lowest BCUT2D eigenvalue weighted by Gasteiger charge is -2.21. The molecule has 0 spiro atoms. The van der Waals surface area contributed by atoms with Crippen LogP contribution in [-0.2, 0) is 13.0 Å². The third kappa shape index (κ3) is 4.04. The molecule has 0 aromatic carbocycles. The summed E-state index contributed by atoms with van der Waals surface area (Å²) in [4.78, 5) is 17.0. The van der Waals surface area contributed by atoms with E-state index in [9.17, 15) is 4.79 Å². The molecule has 1 aliphatic rings. The van der Waals surface area contributed by atoms with Crippen molar-refractivity contribution >= 4 is 5.91 Å². The number of hydrogen-bond acceptors (Lipinski definition) is 5. The summed E-state index contributed by atoms with van der Waals surface area (Å²) in [6.07, 6.45) is 3.37. The number of rotatable bonds is 5. The Kier molecular flexibility index (Phi) is 5.43. The molecule has 0 radical (unpaired) electrons. The molecule has 1 aliphatic heterocycles. The van der Waals surface area contributed by atoms with Crippen molar-refractivity contribution in [1.82, 2.24) is 30.4 Å².